The van der Waals surface area contributed by atoms with E-state index in [9.17, 15) is 13.9 Å². The highest BCUT2D eigenvalue weighted by Crippen LogP contribution is 2.39. The van der Waals surface area contributed by atoms with Gasteiger partial charge in [0.15, 0.2) is 0 Å². The van der Waals surface area contributed by atoms with Gasteiger partial charge in [0.2, 0.25) is 0 Å². The summed E-state index contributed by atoms with van der Waals surface area (Å²) >= 11 is 0. The maximum Gasteiger partial charge on any atom is 0.298 e. The maximum absolute atomic E-state index is 13.1. The van der Waals surface area contributed by atoms with Crippen molar-refractivity contribution in [2.75, 3.05) is 6.61 Å². The molecule has 0 heterocycles. The van der Waals surface area contributed by atoms with Crippen molar-refractivity contribution in [1.29, 1.82) is 0 Å². The number of alkyl halides is 2. The predicted octanol–water partition coefficient (Wildman–Crippen LogP) is 0.749. The third-order valence-electron chi connectivity index (χ3n) is 2.68. The molecule has 4 nitrogen and oxygen atoms in total. The first-order valence-corrected chi connectivity index (χ1v) is 4.36. The molecule has 14 heavy (non-hydrogen) atoms. The van der Waals surface area contributed by atoms with Gasteiger partial charge in [0.1, 0.15) is 12.2 Å². The third-order valence-corrected chi connectivity index (χ3v) is 2.68. The van der Waals surface area contributed by atoms with Crippen LogP contribution in [0.25, 0.3) is 0 Å². The summed E-state index contributed by atoms with van der Waals surface area (Å²) < 4.78 is 26.1. The van der Waals surface area contributed by atoms with Crippen LogP contribution in [0, 0.1) is 0 Å². The van der Waals surface area contributed by atoms with E-state index in [0.29, 0.717) is 5.71 Å². The third kappa shape index (κ3) is 1.85. The topological polar surface area (TPSA) is 73.0 Å². The van der Waals surface area contributed by atoms with Gasteiger partial charge in [-0.15, -0.1) is 0 Å². The molecule has 0 atom stereocenters. The van der Waals surface area contributed by atoms with Crippen LogP contribution in [0.5, 0.6) is 0 Å². The number of aliphatic hydroxyl groups excluding tert-OH is 1. The summed E-state index contributed by atoms with van der Waals surface area (Å²) in [5.41, 5.74) is -1.76. The van der Waals surface area contributed by atoms with Gasteiger partial charge < -0.3 is 15.4 Å². The lowest BCUT2D eigenvalue weighted by molar-refractivity contribution is -0.207. The zero-order chi connectivity index (χ0) is 10.8. The molecule has 0 spiro atoms. The van der Waals surface area contributed by atoms with E-state index in [0.717, 1.165) is 0 Å². The van der Waals surface area contributed by atoms with Gasteiger partial charge >= 0.3 is 0 Å². The second-order valence-corrected chi connectivity index (χ2v) is 3.56. The molecule has 0 aliphatic heterocycles. The lowest BCUT2D eigenvalue weighted by Gasteiger charge is -2.37. The number of halogens is 2. The van der Waals surface area contributed by atoms with Crippen LogP contribution in [0.15, 0.2) is 5.16 Å². The van der Waals surface area contributed by atoms with E-state index in [1.165, 1.54) is 0 Å². The normalized spacial score (nSPS) is 29.0. The molecular weight excluding hydrogens is 196 g/mol. The highest BCUT2D eigenvalue weighted by molar-refractivity contribution is 5.84. The smallest absolute Gasteiger partial charge is 0.298 e. The Morgan fingerprint density at radius 1 is 1.36 bits per heavy atom. The van der Waals surface area contributed by atoms with E-state index in [2.05, 4.69) is 5.16 Å². The standard InChI is InChI=1S/C8H13F2NO3/c9-8(10,5-12)7(13)3-1-6(11-14)2-4-7/h12-14H,1-5H2. The van der Waals surface area contributed by atoms with Crippen molar-refractivity contribution < 1.29 is 24.2 Å². The summed E-state index contributed by atoms with van der Waals surface area (Å²) in [6, 6.07) is 0. The second kappa shape index (κ2) is 3.78. The first kappa shape index (κ1) is 11.3. The van der Waals surface area contributed by atoms with Crippen LogP contribution in [0.1, 0.15) is 25.7 Å². The highest BCUT2D eigenvalue weighted by atomic mass is 19.3. The minimum Gasteiger partial charge on any atom is -0.411 e. The maximum atomic E-state index is 13.1. The zero-order valence-electron chi connectivity index (χ0n) is 7.58. The Labute approximate surface area is 79.9 Å². The van der Waals surface area contributed by atoms with E-state index in [1.54, 1.807) is 0 Å². The van der Waals surface area contributed by atoms with Crippen LogP contribution in [0.3, 0.4) is 0 Å². The summed E-state index contributed by atoms with van der Waals surface area (Å²) in [5.74, 6) is -3.49. The molecule has 6 heteroatoms. The van der Waals surface area contributed by atoms with Crippen LogP contribution in [-0.4, -0.2) is 39.3 Å². The molecule has 3 N–H and O–H groups in total. The molecule has 82 valence electrons. The van der Waals surface area contributed by atoms with Gasteiger partial charge in [0.25, 0.3) is 5.92 Å². The number of aliphatic hydroxyl groups is 2. The van der Waals surface area contributed by atoms with Gasteiger partial charge in [0.05, 0.1) is 5.71 Å². The first-order chi connectivity index (χ1) is 6.45. The average Bonchev–Trinajstić information content (AvgIpc) is 2.19. The van der Waals surface area contributed by atoms with Crippen LogP contribution in [0.2, 0.25) is 0 Å². The molecule has 0 aromatic heterocycles. The van der Waals surface area contributed by atoms with Crippen molar-refractivity contribution in [3.8, 4) is 0 Å². The first-order valence-electron chi connectivity index (χ1n) is 4.36. The van der Waals surface area contributed by atoms with Crippen molar-refractivity contribution in [1.82, 2.24) is 0 Å². The van der Waals surface area contributed by atoms with Crippen molar-refractivity contribution in [3.05, 3.63) is 0 Å². The molecule has 0 bridgehead atoms. The Morgan fingerprint density at radius 3 is 2.21 bits per heavy atom. The minimum atomic E-state index is -3.49. The molecule has 1 aliphatic carbocycles. The van der Waals surface area contributed by atoms with Crippen LogP contribution < -0.4 is 0 Å². The Bertz CT molecular complexity index is 233. The summed E-state index contributed by atoms with van der Waals surface area (Å²) in [5, 5.41) is 29.3. The molecule has 0 aromatic carbocycles. The molecule has 1 aliphatic rings. The molecule has 0 saturated heterocycles. The van der Waals surface area contributed by atoms with E-state index in [4.69, 9.17) is 10.3 Å². The van der Waals surface area contributed by atoms with Gasteiger partial charge in [-0.25, -0.2) is 8.78 Å². The fourth-order valence-electron chi connectivity index (χ4n) is 1.57. The van der Waals surface area contributed by atoms with Crippen molar-refractivity contribution >= 4 is 5.71 Å². The summed E-state index contributed by atoms with van der Waals surface area (Å²) in [6.45, 7) is -1.37. The van der Waals surface area contributed by atoms with Gasteiger partial charge in [0, 0.05) is 0 Å². The lowest BCUT2D eigenvalue weighted by atomic mass is 9.79. The number of nitrogens with zero attached hydrogens (tertiary/aromatic N) is 1. The fourth-order valence-corrected chi connectivity index (χ4v) is 1.57. The summed E-state index contributed by atoms with van der Waals surface area (Å²) in [7, 11) is 0. The molecule has 0 amide bonds. The van der Waals surface area contributed by atoms with Crippen molar-refractivity contribution in [3.63, 3.8) is 0 Å². The minimum absolute atomic E-state index is 0.128. The number of oxime groups is 1. The van der Waals surface area contributed by atoms with E-state index in [1.807, 2.05) is 0 Å². The summed E-state index contributed by atoms with van der Waals surface area (Å²) in [6.07, 6.45) is -0.134. The Kier molecular flexibility index (Phi) is 3.06. The highest BCUT2D eigenvalue weighted by Gasteiger charge is 2.52. The van der Waals surface area contributed by atoms with E-state index < -0.39 is 18.1 Å². The monoisotopic (exact) mass is 209 g/mol. The van der Waals surface area contributed by atoms with E-state index in [-0.39, 0.29) is 25.7 Å². The zero-order valence-corrected chi connectivity index (χ0v) is 7.58. The molecule has 0 unspecified atom stereocenters. The molecule has 0 radical (unpaired) electrons. The molecule has 1 rings (SSSR count). The van der Waals surface area contributed by atoms with Gasteiger partial charge in [-0.2, -0.15) is 0 Å². The lowest BCUT2D eigenvalue weighted by Crippen LogP contribution is -2.52. The van der Waals surface area contributed by atoms with Gasteiger partial charge in [-0.3, -0.25) is 0 Å². The van der Waals surface area contributed by atoms with Gasteiger partial charge in [-0.05, 0) is 25.7 Å². The summed E-state index contributed by atoms with van der Waals surface area (Å²) in [4.78, 5) is 0. The molecule has 1 saturated carbocycles. The molecule has 1 fully saturated rings. The largest absolute Gasteiger partial charge is 0.411 e. The predicted molar refractivity (Wildman–Crippen MR) is 44.7 cm³/mol. The molecule has 0 aromatic rings. The van der Waals surface area contributed by atoms with Crippen LogP contribution in [-0.2, 0) is 0 Å². The van der Waals surface area contributed by atoms with Crippen molar-refractivity contribution in [2.24, 2.45) is 5.16 Å². The SMILES string of the molecule is OCC(F)(F)C1(O)CCC(=NO)CC1. The second-order valence-electron chi connectivity index (χ2n) is 3.56. The number of hydrogen-bond donors (Lipinski definition) is 3. The van der Waals surface area contributed by atoms with E-state index >= 15 is 0 Å². The molecular formula is C8H13F2NO3. The van der Waals surface area contributed by atoms with Gasteiger partial charge in [-0.1, -0.05) is 5.16 Å². The quantitative estimate of drug-likeness (QED) is 0.464. The average molecular weight is 209 g/mol. The Morgan fingerprint density at radius 2 is 1.86 bits per heavy atom. The number of hydrogen-bond acceptors (Lipinski definition) is 4. The Balaban J connectivity index is 2.71. The van der Waals surface area contributed by atoms with Crippen LogP contribution >= 0.6 is 0 Å². The Hall–Kier alpha value is -0.750. The number of rotatable bonds is 2. The van der Waals surface area contributed by atoms with Crippen molar-refractivity contribution in [2.45, 2.75) is 37.2 Å². The fraction of sp³-hybridized carbons (Fsp3) is 0.875. The van der Waals surface area contributed by atoms with Crippen LogP contribution in [0.4, 0.5) is 8.78 Å².